The maximum Gasteiger partial charge on any atom is 0.334 e. The van der Waals surface area contributed by atoms with E-state index in [4.69, 9.17) is 4.74 Å². The number of methoxy groups -OCH3 is 1. The molecule has 220 valence electrons. The molecule has 1 unspecified atom stereocenters. The Balaban J connectivity index is 1.42. The number of phenolic OH excluding ortho intramolecular Hbond substituents is 1. The maximum absolute atomic E-state index is 14.0. The Labute approximate surface area is 246 Å². The van der Waals surface area contributed by atoms with Gasteiger partial charge in [0.2, 0.25) is 11.8 Å². The van der Waals surface area contributed by atoms with E-state index >= 15 is 0 Å². The van der Waals surface area contributed by atoms with Crippen molar-refractivity contribution in [3.05, 3.63) is 95.6 Å². The summed E-state index contributed by atoms with van der Waals surface area (Å²) in [6.07, 6.45) is -0.419. The molecule has 3 aromatic rings. The average Bonchev–Trinajstić information content (AvgIpc) is 2.99. The zero-order valence-corrected chi connectivity index (χ0v) is 24.1. The Morgan fingerprint density at radius 2 is 1.67 bits per heavy atom. The fraction of sp³-hybridized carbons (Fsp3) is 0.344. The van der Waals surface area contributed by atoms with Crippen molar-refractivity contribution in [1.82, 2.24) is 25.1 Å². The van der Waals surface area contributed by atoms with Gasteiger partial charge in [-0.1, -0.05) is 61.5 Å². The van der Waals surface area contributed by atoms with Crippen LogP contribution in [0.2, 0.25) is 0 Å². The van der Waals surface area contributed by atoms with Gasteiger partial charge >= 0.3 is 6.03 Å². The topological polar surface area (TPSA) is 106 Å². The van der Waals surface area contributed by atoms with E-state index in [-0.39, 0.29) is 49.0 Å². The Morgan fingerprint density at radius 3 is 2.33 bits per heavy atom. The number of aromatic hydroxyl groups is 1. The van der Waals surface area contributed by atoms with Gasteiger partial charge in [-0.05, 0) is 46.9 Å². The van der Waals surface area contributed by atoms with Crippen LogP contribution < -0.4 is 10.1 Å². The number of phenols is 1. The Hall–Kier alpha value is -4.57. The zero-order valence-electron chi connectivity index (χ0n) is 24.1. The SMILES string of the molecule is COc1ccc(CNC(=O)N2[C@H]3CN(CC(C)c4ccccc4)C(=O)[C@H](Cc4ccc(O)cc4)N3C(=O)CN2C)cc1. The molecule has 0 spiro atoms. The smallest absolute Gasteiger partial charge is 0.334 e. The van der Waals surface area contributed by atoms with Crippen LogP contribution in [-0.2, 0) is 22.6 Å². The molecule has 3 aromatic carbocycles. The summed E-state index contributed by atoms with van der Waals surface area (Å²) in [6, 6.07) is 22.9. The van der Waals surface area contributed by atoms with Gasteiger partial charge in [-0.25, -0.2) is 14.8 Å². The minimum absolute atomic E-state index is 0.0355. The lowest BCUT2D eigenvalue weighted by Gasteiger charge is -2.54. The van der Waals surface area contributed by atoms with Crippen LogP contribution in [0.15, 0.2) is 78.9 Å². The van der Waals surface area contributed by atoms with Gasteiger partial charge in [0.1, 0.15) is 23.7 Å². The monoisotopic (exact) mass is 571 g/mol. The van der Waals surface area contributed by atoms with Crippen LogP contribution in [0.5, 0.6) is 11.5 Å². The van der Waals surface area contributed by atoms with E-state index < -0.39 is 12.2 Å². The fourth-order valence-electron chi connectivity index (χ4n) is 5.74. The average molecular weight is 572 g/mol. The largest absolute Gasteiger partial charge is 0.508 e. The van der Waals surface area contributed by atoms with Crippen LogP contribution >= 0.6 is 0 Å². The number of piperazine rings is 1. The molecule has 0 aliphatic carbocycles. The van der Waals surface area contributed by atoms with Gasteiger partial charge in [-0.3, -0.25) is 9.59 Å². The van der Waals surface area contributed by atoms with Crippen molar-refractivity contribution >= 4 is 17.8 Å². The summed E-state index contributed by atoms with van der Waals surface area (Å²) in [7, 11) is 3.31. The summed E-state index contributed by atoms with van der Waals surface area (Å²) in [5.41, 5.74) is 2.82. The normalized spacial score (nSPS) is 19.8. The van der Waals surface area contributed by atoms with Gasteiger partial charge in [-0.2, -0.15) is 0 Å². The van der Waals surface area contributed by atoms with Crippen molar-refractivity contribution in [3.8, 4) is 11.5 Å². The number of nitrogens with zero attached hydrogens (tertiary/aromatic N) is 4. The molecule has 10 nitrogen and oxygen atoms in total. The zero-order chi connectivity index (χ0) is 29.8. The number of likely N-dealkylation sites (N-methyl/N-ethyl adjacent to an activating group) is 1. The minimum atomic E-state index is -0.797. The molecule has 2 aliphatic heterocycles. The first-order valence-electron chi connectivity index (χ1n) is 14.1. The van der Waals surface area contributed by atoms with Crippen LogP contribution in [0.1, 0.15) is 29.5 Å². The lowest BCUT2D eigenvalue weighted by molar-refractivity contribution is -0.187. The number of nitrogens with one attached hydrogen (secondary N) is 1. The third-order valence-electron chi connectivity index (χ3n) is 7.98. The van der Waals surface area contributed by atoms with Gasteiger partial charge in [0.15, 0.2) is 0 Å². The predicted molar refractivity (Wildman–Crippen MR) is 157 cm³/mol. The van der Waals surface area contributed by atoms with E-state index in [0.717, 1.165) is 22.4 Å². The number of rotatable bonds is 8. The van der Waals surface area contributed by atoms with Crippen molar-refractivity contribution < 1.29 is 24.2 Å². The second-order valence-electron chi connectivity index (χ2n) is 10.9. The lowest BCUT2D eigenvalue weighted by atomic mass is 9.96. The van der Waals surface area contributed by atoms with Crippen molar-refractivity contribution in [2.75, 3.05) is 33.8 Å². The molecule has 2 saturated heterocycles. The second kappa shape index (κ2) is 12.5. The van der Waals surface area contributed by atoms with Gasteiger partial charge in [0.05, 0.1) is 20.2 Å². The van der Waals surface area contributed by atoms with Crippen molar-refractivity contribution in [2.45, 2.75) is 38.0 Å². The highest BCUT2D eigenvalue weighted by atomic mass is 16.5. The van der Waals surface area contributed by atoms with E-state index in [1.807, 2.05) is 54.6 Å². The summed E-state index contributed by atoms with van der Waals surface area (Å²) in [4.78, 5) is 44.6. The number of urea groups is 1. The van der Waals surface area contributed by atoms with Gasteiger partial charge in [-0.15, -0.1) is 0 Å². The number of carbonyl (C=O) groups is 3. The molecule has 2 aliphatic rings. The molecule has 2 fully saturated rings. The minimum Gasteiger partial charge on any atom is -0.508 e. The summed E-state index contributed by atoms with van der Waals surface area (Å²) in [5.74, 6) is 0.533. The first-order valence-corrected chi connectivity index (χ1v) is 14.1. The molecule has 0 bridgehead atoms. The molecule has 2 heterocycles. The number of hydrogen-bond acceptors (Lipinski definition) is 6. The summed E-state index contributed by atoms with van der Waals surface area (Å²) in [5, 5.41) is 15.9. The highest BCUT2D eigenvalue weighted by Gasteiger charge is 2.50. The molecular formula is C32H37N5O5. The van der Waals surface area contributed by atoms with Crippen molar-refractivity contribution in [3.63, 3.8) is 0 Å². The van der Waals surface area contributed by atoms with Crippen LogP contribution in [-0.4, -0.2) is 88.8 Å². The van der Waals surface area contributed by atoms with Crippen LogP contribution in [0.25, 0.3) is 0 Å². The first kappa shape index (κ1) is 28.9. The number of ether oxygens (including phenoxy) is 1. The van der Waals surface area contributed by atoms with Gasteiger partial charge in [0, 0.05) is 26.6 Å². The fourth-order valence-corrected chi connectivity index (χ4v) is 5.74. The van der Waals surface area contributed by atoms with Crippen LogP contribution in [0.4, 0.5) is 4.79 Å². The highest BCUT2D eigenvalue weighted by Crippen LogP contribution is 2.30. The molecule has 0 saturated carbocycles. The first-order chi connectivity index (χ1) is 20.2. The van der Waals surface area contributed by atoms with Crippen LogP contribution in [0, 0.1) is 0 Å². The Morgan fingerprint density at radius 1 is 1.00 bits per heavy atom. The second-order valence-corrected chi connectivity index (χ2v) is 10.9. The molecule has 10 heteroatoms. The molecule has 5 rings (SSSR count). The summed E-state index contributed by atoms with van der Waals surface area (Å²) in [6.45, 7) is 2.96. The molecule has 3 atom stereocenters. The molecule has 4 amide bonds. The van der Waals surface area contributed by atoms with E-state index in [2.05, 4.69) is 12.2 Å². The number of hydrogen-bond donors (Lipinski definition) is 2. The van der Waals surface area contributed by atoms with Crippen molar-refractivity contribution in [1.29, 1.82) is 0 Å². The van der Waals surface area contributed by atoms with E-state index in [1.165, 1.54) is 0 Å². The quantitative estimate of drug-likeness (QED) is 0.430. The highest BCUT2D eigenvalue weighted by molar-refractivity contribution is 5.91. The van der Waals surface area contributed by atoms with E-state index in [9.17, 15) is 19.5 Å². The van der Waals surface area contributed by atoms with Crippen molar-refractivity contribution in [2.24, 2.45) is 0 Å². The number of amides is 4. The predicted octanol–water partition coefficient (Wildman–Crippen LogP) is 3.18. The third kappa shape index (κ3) is 6.18. The molecule has 42 heavy (non-hydrogen) atoms. The number of hydrazine groups is 1. The number of fused-ring (bicyclic) bond motifs is 1. The maximum atomic E-state index is 14.0. The van der Waals surface area contributed by atoms with Gasteiger partial charge in [0.25, 0.3) is 0 Å². The Bertz CT molecular complexity index is 1400. The molecule has 2 N–H and O–H groups in total. The van der Waals surface area contributed by atoms with Gasteiger partial charge < -0.3 is 25.0 Å². The number of carbonyl (C=O) groups excluding carboxylic acids is 3. The van der Waals surface area contributed by atoms with E-state index in [0.29, 0.717) is 13.1 Å². The van der Waals surface area contributed by atoms with E-state index in [1.54, 1.807) is 58.2 Å². The molecule has 0 aromatic heterocycles. The number of benzene rings is 3. The lowest BCUT2D eigenvalue weighted by Crippen LogP contribution is -2.76. The molecular weight excluding hydrogens is 534 g/mol. The molecule has 0 radical (unpaired) electrons. The van der Waals surface area contributed by atoms with Crippen LogP contribution in [0.3, 0.4) is 0 Å². The summed E-state index contributed by atoms with van der Waals surface area (Å²) < 4.78 is 5.22. The standard InChI is InChI=1S/C32H37N5O5/c1-22(25-7-5-4-6-8-25)19-35-20-29-36(28(31(35)40)17-23-9-13-26(38)14-10-23)30(39)21-34(2)37(29)32(41)33-18-24-11-15-27(42-3)16-12-24/h4-16,22,28-29,38H,17-21H2,1-3H3,(H,33,41)/t22?,28-,29-/m0/s1. The third-order valence-corrected chi connectivity index (χ3v) is 7.98. The Kier molecular flexibility index (Phi) is 8.63. The summed E-state index contributed by atoms with van der Waals surface area (Å²) >= 11 is 0.